The third-order valence-corrected chi connectivity index (χ3v) is 6.49. The number of benzene rings is 3. The van der Waals surface area contributed by atoms with E-state index in [4.69, 9.17) is 9.47 Å². The topological polar surface area (TPSA) is 92.3 Å². The molecule has 11 heteroatoms. The van der Waals surface area contributed by atoms with Gasteiger partial charge in [-0.2, -0.15) is 0 Å². The first-order valence-corrected chi connectivity index (χ1v) is 11.7. The summed E-state index contributed by atoms with van der Waals surface area (Å²) in [5.41, 5.74) is 2.05. The highest BCUT2D eigenvalue weighted by molar-refractivity contribution is 7.99. The number of nitrogens with zero attached hydrogens (tertiary/aromatic N) is 4. The molecule has 186 valence electrons. The first kappa shape index (κ1) is 25.1. The summed E-state index contributed by atoms with van der Waals surface area (Å²) in [4.78, 5) is 11.1. The van der Waals surface area contributed by atoms with Crippen molar-refractivity contribution in [3.05, 3.63) is 105 Å². The molecule has 1 heterocycles. The predicted molar refractivity (Wildman–Crippen MR) is 130 cm³/mol. The van der Waals surface area contributed by atoms with Crippen LogP contribution in [0.3, 0.4) is 0 Å². The smallest absolute Gasteiger partial charge is 0.220 e. The Bertz CT molecular complexity index is 1350. The largest absolute Gasteiger partial charge is 0.493 e. The summed E-state index contributed by atoms with van der Waals surface area (Å²) in [5.74, 6) is 0.700. The minimum absolute atomic E-state index is 0.198. The highest BCUT2D eigenvalue weighted by Gasteiger charge is 2.25. The van der Waals surface area contributed by atoms with E-state index in [1.807, 2.05) is 0 Å². The molecule has 1 aromatic heterocycles. The van der Waals surface area contributed by atoms with Gasteiger partial charge in [-0.3, -0.25) is 14.7 Å². The quantitative estimate of drug-likeness (QED) is 0.156. The van der Waals surface area contributed by atoms with Gasteiger partial charge in [-0.1, -0.05) is 30.0 Å². The highest BCUT2D eigenvalue weighted by atomic mass is 32.2. The second-order valence-corrected chi connectivity index (χ2v) is 8.96. The Balaban J connectivity index is 1.59. The predicted octanol–water partition coefficient (Wildman–Crippen LogP) is 5.55. The van der Waals surface area contributed by atoms with Crippen LogP contribution in [0.4, 0.5) is 8.78 Å². The zero-order valence-electron chi connectivity index (χ0n) is 19.4. The van der Waals surface area contributed by atoms with Crippen LogP contribution in [0.15, 0.2) is 71.9 Å². The van der Waals surface area contributed by atoms with E-state index in [-0.39, 0.29) is 24.8 Å². The normalized spacial score (nSPS) is 11.8. The van der Waals surface area contributed by atoms with Gasteiger partial charge in [0.15, 0.2) is 16.7 Å². The van der Waals surface area contributed by atoms with Gasteiger partial charge in [0.25, 0.3) is 0 Å². The molecule has 0 N–H and O–H groups in total. The van der Waals surface area contributed by atoms with Gasteiger partial charge in [0, 0.05) is 10.6 Å². The lowest BCUT2D eigenvalue weighted by Gasteiger charge is -2.17. The van der Waals surface area contributed by atoms with Crippen LogP contribution in [0.2, 0.25) is 0 Å². The summed E-state index contributed by atoms with van der Waals surface area (Å²) in [6.07, 6.45) is 0. The number of hydrogen-bond acceptors (Lipinski definition) is 7. The number of aromatic nitrogens is 3. The lowest BCUT2D eigenvalue weighted by atomic mass is 10.1. The minimum atomic E-state index is -0.622. The van der Waals surface area contributed by atoms with Crippen molar-refractivity contribution in [2.24, 2.45) is 0 Å². The summed E-state index contributed by atoms with van der Waals surface area (Å²) in [7, 11) is 1.48. The van der Waals surface area contributed by atoms with Crippen molar-refractivity contribution in [2.75, 3.05) is 13.7 Å². The third-order valence-electron chi connectivity index (χ3n) is 5.31. The monoisotopic (exact) mass is 512 g/mol. The fourth-order valence-electron chi connectivity index (χ4n) is 3.53. The molecule has 1 atom stereocenters. The maximum atomic E-state index is 13.4. The van der Waals surface area contributed by atoms with E-state index in [1.165, 1.54) is 43.1 Å². The van der Waals surface area contributed by atoms with E-state index >= 15 is 0 Å². The first-order chi connectivity index (χ1) is 17.3. The maximum absolute atomic E-state index is 13.4. The van der Waals surface area contributed by atoms with Crippen molar-refractivity contribution in [2.45, 2.75) is 23.9 Å². The molecule has 8 nitrogen and oxygen atoms in total. The molecular weight excluding hydrogens is 490 g/mol. The molecule has 0 saturated carbocycles. The molecule has 4 aromatic rings. The van der Waals surface area contributed by atoms with Crippen molar-refractivity contribution in [1.29, 1.82) is 0 Å². The molecule has 3 aromatic carbocycles. The van der Waals surface area contributed by atoms with Crippen LogP contribution in [0.25, 0.3) is 5.69 Å². The van der Waals surface area contributed by atoms with E-state index in [0.29, 0.717) is 33.7 Å². The number of methoxy groups -OCH3 is 1. The number of thioether (sulfide) groups is 1. The number of rotatable bonds is 10. The Hall–Kier alpha value is -3.99. The lowest BCUT2D eigenvalue weighted by molar-refractivity contribution is -0.479. The molecule has 0 aliphatic heterocycles. The van der Waals surface area contributed by atoms with Crippen molar-refractivity contribution < 1.29 is 23.2 Å². The second-order valence-electron chi connectivity index (χ2n) is 7.79. The van der Waals surface area contributed by atoms with Crippen molar-refractivity contribution in [3.8, 4) is 17.2 Å². The van der Waals surface area contributed by atoms with Crippen molar-refractivity contribution in [3.63, 3.8) is 0 Å². The Morgan fingerprint density at radius 3 is 2.31 bits per heavy atom. The van der Waals surface area contributed by atoms with E-state index in [0.717, 1.165) is 5.56 Å². The summed E-state index contributed by atoms with van der Waals surface area (Å²) >= 11 is 1.18. The number of hydrogen-bond donors (Lipinski definition) is 0. The van der Waals surface area contributed by atoms with Crippen LogP contribution in [0.5, 0.6) is 11.5 Å². The van der Waals surface area contributed by atoms with Gasteiger partial charge < -0.3 is 9.47 Å². The maximum Gasteiger partial charge on any atom is 0.220 e. The molecule has 36 heavy (non-hydrogen) atoms. The molecule has 0 aliphatic rings. The molecular formula is C25H22F2N4O4S. The molecule has 0 radical (unpaired) electrons. The van der Waals surface area contributed by atoms with Gasteiger partial charge in [0.2, 0.25) is 6.54 Å². The number of ether oxygens (including phenoxy) is 2. The van der Waals surface area contributed by atoms with Gasteiger partial charge in [0.1, 0.15) is 29.3 Å². The number of aryl methyl sites for hydroxylation is 1. The van der Waals surface area contributed by atoms with Gasteiger partial charge in [-0.05, 0) is 66.6 Å². The van der Waals surface area contributed by atoms with Crippen LogP contribution < -0.4 is 9.47 Å². The standard InChI is InChI=1S/C25H22F2N4O4S/c1-16-28-29-25(31(16)21-10-8-20(27)9-11-21)36-24(14-30(32)33)18-5-12-22(23(13-18)34-2)35-15-17-3-6-19(26)7-4-17/h3-13,24H,14-15H2,1-2H3/t24-/m0/s1. The van der Waals surface area contributed by atoms with Crippen LogP contribution >= 0.6 is 11.8 Å². The lowest BCUT2D eigenvalue weighted by Crippen LogP contribution is -2.11. The molecule has 0 spiro atoms. The first-order valence-electron chi connectivity index (χ1n) is 10.9. The molecule has 0 amide bonds. The number of nitro groups is 1. The van der Waals surface area contributed by atoms with Crippen LogP contribution in [0.1, 0.15) is 22.2 Å². The molecule has 0 aliphatic carbocycles. The Labute approximate surface area is 210 Å². The summed E-state index contributed by atoms with van der Waals surface area (Å²) in [5, 5.41) is 19.6. The zero-order valence-corrected chi connectivity index (χ0v) is 20.2. The molecule has 0 bridgehead atoms. The minimum Gasteiger partial charge on any atom is -0.493 e. The van der Waals surface area contributed by atoms with Crippen LogP contribution in [0, 0.1) is 28.7 Å². The molecule has 0 saturated heterocycles. The number of halogens is 2. The van der Waals surface area contributed by atoms with E-state index < -0.39 is 10.2 Å². The summed E-state index contributed by atoms with van der Waals surface area (Å²) in [6.45, 7) is 1.57. The van der Waals surface area contributed by atoms with Gasteiger partial charge >= 0.3 is 0 Å². The van der Waals surface area contributed by atoms with Gasteiger partial charge in [-0.15, -0.1) is 10.2 Å². The Morgan fingerprint density at radius 1 is 1.00 bits per heavy atom. The SMILES string of the molecule is COc1cc([C@H](C[N+](=O)[O-])Sc2nnc(C)n2-c2ccc(F)cc2)ccc1OCc1ccc(F)cc1. The fraction of sp³-hybridized carbons (Fsp3) is 0.200. The van der Waals surface area contributed by atoms with Crippen LogP contribution in [-0.2, 0) is 6.61 Å². The van der Waals surface area contributed by atoms with Crippen molar-refractivity contribution >= 4 is 11.8 Å². The van der Waals surface area contributed by atoms with Gasteiger partial charge in [-0.25, -0.2) is 8.78 Å². The van der Waals surface area contributed by atoms with Gasteiger partial charge in [0.05, 0.1) is 7.11 Å². The summed E-state index contributed by atoms with van der Waals surface area (Å²) in [6, 6.07) is 16.9. The zero-order chi connectivity index (χ0) is 25.7. The molecule has 4 rings (SSSR count). The van der Waals surface area contributed by atoms with Crippen molar-refractivity contribution in [1.82, 2.24) is 14.8 Å². The van der Waals surface area contributed by atoms with E-state index in [1.54, 1.807) is 54.0 Å². The summed E-state index contributed by atoms with van der Waals surface area (Å²) < 4.78 is 39.6. The second kappa shape index (κ2) is 11.2. The molecule has 0 fully saturated rings. The average Bonchev–Trinajstić information content (AvgIpc) is 3.23. The fourth-order valence-corrected chi connectivity index (χ4v) is 4.69. The third kappa shape index (κ3) is 5.98. The average molecular weight is 513 g/mol. The van der Waals surface area contributed by atoms with E-state index in [9.17, 15) is 18.9 Å². The Morgan fingerprint density at radius 2 is 1.67 bits per heavy atom. The van der Waals surface area contributed by atoms with E-state index in [2.05, 4.69) is 10.2 Å². The Kier molecular flexibility index (Phi) is 7.79. The molecule has 0 unspecified atom stereocenters. The van der Waals surface area contributed by atoms with Crippen LogP contribution in [-0.4, -0.2) is 33.3 Å². The highest BCUT2D eigenvalue weighted by Crippen LogP contribution is 2.39.